The number of halogens is 1. The Bertz CT molecular complexity index is 361. The standard InChI is InChI=1S/C14H20ClNO/c15-12-5-4-6-13(11-12)17-10-9-14(16)7-2-1-3-8-14/h4-6,11H,1-3,7-10,16H2. The highest BCUT2D eigenvalue weighted by molar-refractivity contribution is 6.30. The SMILES string of the molecule is NC1(CCOc2cccc(Cl)c2)CCCCC1. The molecule has 1 aliphatic carbocycles. The van der Waals surface area contributed by atoms with E-state index in [1.807, 2.05) is 24.3 Å². The lowest BCUT2D eigenvalue weighted by atomic mass is 9.80. The average Bonchev–Trinajstić information content (AvgIpc) is 2.30. The van der Waals surface area contributed by atoms with Gasteiger partial charge in [0.2, 0.25) is 0 Å². The molecule has 1 aromatic rings. The fourth-order valence-corrected chi connectivity index (χ4v) is 2.62. The fourth-order valence-electron chi connectivity index (χ4n) is 2.43. The van der Waals surface area contributed by atoms with E-state index in [0.717, 1.165) is 25.0 Å². The van der Waals surface area contributed by atoms with Crippen LogP contribution in [0, 0.1) is 0 Å². The number of hydrogen-bond acceptors (Lipinski definition) is 2. The van der Waals surface area contributed by atoms with Crippen molar-refractivity contribution < 1.29 is 4.74 Å². The molecular formula is C14H20ClNO. The lowest BCUT2D eigenvalue weighted by molar-refractivity contribution is 0.214. The van der Waals surface area contributed by atoms with Crippen molar-refractivity contribution in [1.29, 1.82) is 0 Å². The summed E-state index contributed by atoms with van der Waals surface area (Å²) >= 11 is 5.90. The number of rotatable bonds is 4. The Labute approximate surface area is 108 Å². The molecule has 94 valence electrons. The topological polar surface area (TPSA) is 35.2 Å². The Kier molecular flexibility index (Phi) is 4.30. The summed E-state index contributed by atoms with van der Waals surface area (Å²) in [5.41, 5.74) is 6.34. The van der Waals surface area contributed by atoms with Crippen molar-refractivity contribution >= 4 is 11.6 Å². The molecule has 0 bridgehead atoms. The van der Waals surface area contributed by atoms with Crippen molar-refractivity contribution in [2.24, 2.45) is 5.73 Å². The predicted octanol–water partition coefficient (Wildman–Crippen LogP) is 3.77. The fraction of sp³-hybridized carbons (Fsp3) is 0.571. The molecule has 0 saturated heterocycles. The molecule has 1 fully saturated rings. The molecule has 1 saturated carbocycles. The molecule has 1 aliphatic rings. The Balaban J connectivity index is 1.79. The van der Waals surface area contributed by atoms with Gasteiger partial charge in [0.25, 0.3) is 0 Å². The van der Waals surface area contributed by atoms with Crippen LogP contribution in [-0.4, -0.2) is 12.1 Å². The molecule has 0 radical (unpaired) electrons. The summed E-state index contributed by atoms with van der Waals surface area (Å²) in [6, 6.07) is 7.51. The van der Waals surface area contributed by atoms with E-state index >= 15 is 0 Å². The second-order valence-corrected chi connectivity index (χ2v) is 5.42. The van der Waals surface area contributed by atoms with Gasteiger partial charge in [-0.2, -0.15) is 0 Å². The average molecular weight is 254 g/mol. The van der Waals surface area contributed by atoms with Gasteiger partial charge in [-0.1, -0.05) is 36.9 Å². The molecule has 1 aromatic carbocycles. The lowest BCUT2D eigenvalue weighted by Gasteiger charge is -2.33. The molecule has 0 spiro atoms. The predicted molar refractivity (Wildman–Crippen MR) is 71.6 cm³/mol. The lowest BCUT2D eigenvalue weighted by Crippen LogP contribution is -2.42. The number of benzene rings is 1. The summed E-state index contributed by atoms with van der Waals surface area (Å²) in [6.45, 7) is 0.677. The van der Waals surface area contributed by atoms with Crippen LogP contribution in [-0.2, 0) is 0 Å². The van der Waals surface area contributed by atoms with Crippen LogP contribution in [0.2, 0.25) is 5.02 Å². The van der Waals surface area contributed by atoms with E-state index in [1.54, 1.807) is 0 Å². The minimum Gasteiger partial charge on any atom is -0.493 e. The Morgan fingerprint density at radius 2 is 2.00 bits per heavy atom. The van der Waals surface area contributed by atoms with Crippen molar-refractivity contribution in [3.8, 4) is 5.75 Å². The minimum absolute atomic E-state index is 0.00315. The van der Waals surface area contributed by atoms with Gasteiger partial charge in [-0.25, -0.2) is 0 Å². The third kappa shape index (κ3) is 3.90. The first kappa shape index (κ1) is 12.7. The molecule has 0 amide bonds. The zero-order valence-electron chi connectivity index (χ0n) is 10.1. The van der Waals surface area contributed by atoms with Crippen LogP contribution in [0.4, 0.5) is 0 Å². The molecule has 0 aromatic heterocycles. The third-order valence-electron chi connectivity index (χ3n) is 3.51. The first-order chi connectivity index (χ1) is 8.18. The first-order valence-electron chi connectivity index (χ1n) is 6.35. The molecule has 3 heteroatoms. The van der Waals surface area contributed by atoms with Gasteiger partial charge in [0.05, 0.1) is 6.61 Å². The van der Waals surface area contributed by atoms with Gasteiger partial charge in [0.15, 0.2) is 0 Å². The van der Waals surface area contributed by atoms with Crippen LogP contribution in [0.1, 0.15) is 38.5 Å². The quantitative estimate of drug-likeness (QED) is 0.887. The Morgan fingerprint density at radius 1 is 1.24 bits per heavy atom. The van der Waals surface area contributed by atoms with E-state index < -0.39 is 0 Å². The van der Waals surface area contributed by atoms with Gasteiger partial charge in [0, 0.05) is 10.6 Å². The second-order valence-electron chi connectivity index (χ2n) is 4.98. The first-order valence-corrected chi connectivity index (χ1v) is 6.73. The van der Waals surface area contributed by atoms with Crippen LogP contribution in [0.3, 0.4) is 0 Å². The van der Waals surface area contributed by atoms with Gasteiger partial charge in [-0.05, 0) is 37.5 Å². The molecule has 2 rings (SSSR count). The number of ether oxygens (including phenoxy) is 1. The van der Waals surface area contributed by atoms with Crippen molar-refractivity contribution in [2.75, 3.05) is 6.61 Å². The zero-order chi connectivity index (χ0) is 12.1. The van der Waals surface area contributed by atoms with Crippen molar-refractivity contribution in [3.05, 3.63) is 29.3 Å². The largest absolute Gasteiger partial charge is 0.493 e. The van der Waals surface area contributed by atoms with Crippen molar-refractivity contribution in [1.82, 2.24) is 0 Å². The normalized spacial score (nSPS) is 18.9. The summed E-state index contributed by atoms with van der Waals surface area (Å²) in [4.78, 5) is 0. The summed E-state index contributed by atoms with van der Waals surface area (Å²) in [5.74, 6) is 0.830. The van der Waals surface area contributed by atoms with Crippen LogP contribution < -0.4 is 10.5 Å². The molecule has 0 aliphatic heterocycles. The van der Waals surface area contributed by atoms with Crippen molar-refractivity contribution in [3.63, 3.8) is 0 Å². The zero-order valence-corrected chi connectivity index (χ0v) is 10.9. The summed E-state index contributed by atoms with van der Waals surface area (Å²) in [7, 11) is 0. The Hall–Kier alpha value is -0.730. The van der Waals surface area contributed by atoms with Crippen molar-refractivity contribution in [2.45, 2.75) is 44.1 Å². The van der Waals surface area contributed by atoms with Crippen LogP contribution >= 0.6 is 11.6 Å². The van der Waals surface area contributed by atoms with Gasteiger partial charge in [0.1, 0.15) is 5.75 Å². The van der Waals surface area contributed by atoms with Gasteiger partial charge < -0.3 is 10.5 Å². The van der Waals surface area contributed by atoms with E-state index in [4.69, 9.17) is 22.1 Å². The highest BCUT2D eigenvalue weighted by Gasteiger charge is 2.26. The highest BCUT2D eigenvalue weighted by atomic mass is 35.5. The Morgan fingerprint density at radius 3 is 2.71 bits per heavy atom. The molecule has 0 heterocycles. The van der Waals surface area contributed by atoms with Gasteiger partial charge in [-0.3, -0.25) is 0 Å². The van der Waals surface area contributed by atoms with Crippen LogP contribution in [0.15, 0.2) is 24.3 Å². The summed E-state index contributed by atoms with van der Waals surface area (Å²) < 4.78 is 5.69. The van der Waals surface area contributed by atoms with E-state index in [-0.39, 0.29) is 5.54 Å². The van der Waals surface area contributed by atoms with Crippen LogP contribution in [0.5, 0.6) is 5.75 Å². The van der Waals surface area contributed by atoms with Gasteiger partial charge in [-0.15, -0.1) is 0 Å². The maximum atomic E-state index is 6.35. The monoisotopic (exact) mass is 253 g/mol. The maximum Gasteiger partial charge on any atom is 0.120 e. The summed E-state index contributed by atoms with van der Waals surface area (Å²) in [6.07, 6.45) is 7.03. The minimum atomic E-state index is -0.00315. The molecule has 2 nitrogen and oxygen atoms in total. The number of nitrogens with two attached hydrogens (primary N) is 1. The van der Waals surface area contributed by atoms with Gasteiger partial charge >= 0.3 is 0 Å². The van der Waals surface area contributed by atoms with E-state index in [1.165, 1.54) is 19.3 Å². The van der Waals surface area contributed by atoms with E-state index in [2.05, 4.69) is 0 Å². The molecular weight excluding hydrogens is 234 g/mol. The molecule has 17 heavy (non-hydrogen) atoms. The third-order valence-corrected chi connectivity index (χ3v) is 3.75. The highest BCUT2D eigenvalue weighted by Crippen LogP contribution is 2.28. The molecule has 0 unspecified atom stereocenters. The molecule has 2 N–H and O–H groups in total. The maximum absolute atomic E-state index is 6.35. The smallest absolute Gasteiger partial charge is 0.120 e. The summed E-state index contributed by atoms with van der Waals surface area (Å²) in [5, 5.41) is 0.711. The number of hydrogen-bond donors (Lipinski definition) is 1. The second kappa shape index (κ2) is 5.74. The van der Waals surface area contributed by atoms with Crippen LogP contribution in [0.25, 0.3) is 0 Å². The van der Waals surface area contributed by atoms with E-state index in [9.17, 15) is 0 Å². The molecule has 0 atom stereocenters. The van der Waals surface area contributed by atoms with E-state index in [0.29, 0.717) is 11.6 Å².